The lowest BCUT2D eigenvalue weighted by atomic mass is 9.73. The molecule has 1 aromatic carbocycles. The van der Waals surface area contributed by atoms with E-state index in [9.17, 15) is 9.59 Å². The number of carbonyl (C=O) groups excluding carboxylic acids is 2. The van der Waals surface area contributed by atoms with E-state index in [1.807, 2.05) is 40.1 Å². The van der Waals surface area contributed by atoms with Crippen LogP contribution in [-0.2, 0) is 14.3 Å². The minimum Gasteiger partial charge on any atom is -0.484 e. The second-order valence-corrected chi connectivity index (χ2v) is 7.33. The molecule has 1 atom stereocenters. The van der Waals surface area contributed by atoms with E-state index in [0.29, 0.717) is 31.9 Å². The van der Waals surface area contributed by atoms with Crippen LogP contribution >= 0.6 is 0 Å². The molecule has 2 heterocycles. The Labute approximate surface area is 155 Å². The van der Waals surface area contributed by atoms with Gasteiger partial charge >= 0.3 is 0 Å². The molecule has 6 nitrogen and oxygen atoms in total. The van der Waals surface area contributed by atoms with Crippen LogP contribution in [0.5, 0.6) is 5.75 Å². The van der Waals surface area contributed by atoms with Gasteiger partial charge in [0.15, 0.2) is 6.61 Å². The van der Waals surface area contributed by atoms with Crippen molar-refractivity contribution in [3.8, 4) is 5.75 Å². The minimum atomic E-state index is 0.0162. The summed E-state index contributed by atoms with van der Waals surface area (Å²) in [5, 5.41) is 0. The smallest absolute Gasteiger partial charge is 0.260 e. The first kappa shape index (κ1) is 18.7. The fraction of sp³-hybridized carbons (Fsp3) is 0.600. The predicted molar refractivity (Wildman–Crippen MR) is 97.9 cm³/mol. The van der Waals surface area contributed by atoms with Gasteiger partial charge in [0, 0.05) is 45.1 Å². The van der Waals surface area contributed by atoms with Crippen LogP contribution in [0.15, 0.2) is 30.3 Å². The molecule has 1 aromatic rings. The van der Waals surface area contributed by atoms with Gasteiger partial charge in [0.25, 0.3) is 5.91 Å². The fourth-order valence-corrected chi connectivity index (χ4v) is 4.01. The van der Waals surface area contributed by atoms with Gasteiger partial charge < -0.3 is 19.3 Å². The normalized spacial score (nSPS) is 23.3. The van der Waals surface area contributed by atoms with Crippen molar-refractivity contribution in [1.29, 1.82) is 0 Å². The Balaban J connectivity index is 1.57. The van der Waals surface area contributed by atoms with Crippen LogP contribution in [0.4, 0.5) is 0 Å². The largest absolute Gasteiger partial charge is 0.484 e. The monoisotopic (exact) mass is 360 g/mol. The average molecular weight is 360 g/mol. The first-order valence-electron chi connectivity index (χ1n) is 9.34. The van der Waals surface area contributed by atoms with Gasteiger partial charge in [-0.2, -0.15) is 0 Å². The molecule has 2 saturated heterocycles. The second-order valence-electron chi connectivity index (χ2n) is 7.33. The van der Waals surface area contributed by atoms with Gasteiger partial charge in [-0.15, -0.1) is 0 Å². The average Bonchev–Trinajstić information content (AvgIpc) is 2.68. The van der Waals surface area contributed by atoms with Crippen molar-refractivity contribution in [1.82, 2.24) is 9.80 Å². The number of ether oxygens (including phenoxy) is 2. The van der Waals surface area contributed by atoms with Crippen LogP contribution in [0.1, 0.15) is 25.7 Å². The third-order valence-electron chi connectivity index (χ3n) is 5.43. The van der Waals surface area contributed by atoms with Crippen molar-refractivity contribution >= 4 is 11.8 Å². The van der Waals surface area contributed by atoms with E-state index in [1.54, 1.807) is 7.11 Å². The summed E-state index contributed by atoms with van der Waals surface area (Å²) in [6, 6.07) is 9.41. The number of benzene rings is 1. The number of hydrogen-bond donors (Lipinski definition) is 0. The maximum absolute atomic E-state index is 12.6. The third kappa shape index (κ3) is 4.55. The first-order valence-corrected chi connectivity index (χ1v) is 9.34. The van der Waals surface area contributed by atoms with Crippen molar-refractivity contribution in [3.05, 3.63) is 30.3 Å². The molecule has 26 heavy (non-hydrogen) atoms. The van der Waals surface area contributed by atoms with Crippen LogP contribution in [0.3, 0.4) is 0 Å². The number of hydrogen-bond acceptors (Lipinski definition) is 4. The standard InChI is InChI=1S/C20H28N2O4/c1-25-13-12-22-16-20(10-8-18(22)23)9-5-11-21(15-20)19(24)14-26-17-6-3-2-4-7-17/h2-4,6-7H,5,8-16H2,1H3/t20-/m0/s1. The summed E-state index contributed by atoms with van der Waals surface area (Å²) in [4.78, 5) is 28.6. The summed E-state index contributed by atoms with van der Waals surface area (Å²) in [5.41, 5.74) is 0.0162. The lowest BCUT2D eigenvalue weighted by Crippen LogP contribution is -2.56. The van der Waals surface area contributed by atoms with Crippen LogP contribution in [-0.4, -0.2) is 68.1 Å². The summed E-state index contributed by atoms with van der Waals surface area (Å²) in [6.07, 6.45) is 3.46. The molecule has 6 heteroatoms. The SMILES string of the molecule is COCCN1C[C@@]2(CCCN(C(=O)COc3ccccc3)C2)CCC1=O. The zero-order valence-electron chi connectivity index (χ0n) is 15.5. The molecule has 2 amide bonds. The van der Waals surface area contributed by atoms with E-state index in [4.69, 9.17) is 9.47 Å². The van der Waals surface area contributed by atoms with Crippen LogP contribution < -0.4 is 4.74 Å². The summed E-state index contributed by atoms with van der Waals surface area (Å²) in [5.74, 6) is 0.929. The highest BCUT2D eigenvalue weighted by Gasteiger charge is 2.42. The number of amides is 2. The highest BCUT2D eigenvalue weighted by atomic mass is 16.5. The molecule has 0 aliphatic carbocycles. The van der Waals surface area contributed by atoms with Gasteiger partial charge in [0.05, 0.1) is 6.61 Å². The number of likely N-dealkylation sites (tertiary alicyclic amines) is 2. The number of nitrogens with zero attached hydrogens (tertiary/aromatic N) is 2. The summed E-state index contributed by atoms with van der Waals surface area (Å²) in [6.45, 7) is 3.44. The zero-order valence-corrected chi connectivity index (χ0v) is 15.5. The summed E-state index contributed by atoms with van der Waals surface area (Å²) in [7, 11) is 1.65. The highest BCUT2D eigenvalue weighted by molar-refractivity contribution is 5.79. The molecule has 2 aliphatic heterocycles. The topological polar surface area (TPSA) is 59.1 Å². The van der Waals surface area contributed by atoms with Crippen molar-refractivity contribution < 1.29 is 19.1 Å². The maximum atomic E-state index is 12.6. The Morgan fingerprint density at radius 2 is 2.00 bits per heavy atom. The first-order chi connectivity index (χ1) is 12.6. The Kier molecular flexibility index (Phi) is 6.14. The molecular formula is C20H28N2O4. The molecular weight excluding hydrogens is 332 g/mol. The van der Waals surface area contributed by atoms with Crippen molar-refractivity contribution in [2.45, 2.75) is 25.7 Å². The molecule has 0 N–H and O–H groups in total. The molecule has 0 radical (unpaired) electrons. The molecule has 1 spiro atoms. The molecule has 0 saturated carbocycles. The quantitative estimate of drug-likeness (QED) is 0.778. The molecule has 2 aliphatic rings. The zero-order chi connectivity index (χ0) is 18.4. The number of methoxy groups -OCH3 is 1. The lowest BCUT2D eigenvalue weighted by Gasteiger charge is -2.48. The predicted octanol–water partition coefficient (Wildman–Crippen LogP) is 1.94. The third-order valence-corrected chi connectivity index (χ3v) is 5.43. The Morgan fingerprint density at radius 1 is 1.19 bits per heavy atom. The summed E-state index contributed by atoms with van der Waals surface area (Å²) >= 11 is 0. The minimum absolute atomic E-state index is 0.0162. The molecule has 0 unspecified atom stereocenters. The van der Waals surface area contributed by atoms with E-state index < -0.39 is 0 Å². The van der Waals surface area contributed by atoms with Gasteiger partial charge in [-0.1, -0.05) is 18.2 Å². The van der Waals surface area contributed by atoms with Gasteiger partial charge in [-0.05, 0) is 31.4 Å². The van der Waals surface area contributed by atoms with Gasteiger partial charge in [-0.25, -0.2) is 0 Å². The van der Waals surface area contributed by atoms with E-state index in [1.165, 1.54) is 0 Å². The second kappa shape index (κ2) is 8.54. The van der Waals surface area contributed by atoms with Gasteiger partial charge in [0.1, 0.15) is 5.75 Å². The Hall–Kier alpha value is -2.08. The molecule has 0 aromatic heterocycles. The van der Waals surface area contributed by atoms with Crippen LogP contribution in [0.2, 0.25) is 0 Å². The lowest BCUT2D eigenvalue weighted by molar-refractivity contribution is -0.144. The van der Waals surface area contributed by atoms with Crippen LogP contribution in [0, 0.1) is 5.41 Å². The number of rotatable bonds is 6. The molecule has 2 fully saturated rings. The molecule has 3 rings (SSSR count). The number of para-hydroxylation sites is 1. The number of carbonyl (C=O) groups is 2. The Bertz CT molecular complexity index is 621. The maximum Gasteiger partial charge on any atom is 0.260 e. The molecule has 142 valence electrons. The summed E-state index contributed by atoms with van der Waals surface area (Å²) < 4.78 is 10.7. The fourth-order valence-electron chi connectivity index (χ4n) is 4.01. The van der Waals surface area contributed by atoms with E-state index in [-0.39, 0.29) is 23.8 Å². The van der Waals surface area contributed by atoms with E-state index >= 15 is 0 Å². The van der Waals surface area contributed by atoms with Crippen molar-refractivity contribution in [2.75, 3.05) is 46.5 Å². The van der Waals surface area contributed by atoms with Gasteiger partial charge in [-0.3, -0.25) is 9.59 Å². The number of piperidine rings is 2. The molecule has 0 bridgehead atoms. The van der Waals surface area contributed by atoms with Crippen LogP contribution in [0.25, 0.3) is 0 Å². The highest BCUT2D eigenvalue weighted by Crippen LogP contribution is 2.38. The van der Waals surface area contributed by atoms with Crippen molar-refractivity contribution in [2.24, 2.45) is 5.41 Å². The van der Waals surface area contributed by atoms with E-state index in [2.05, 4.69) is 0 Å². The van der Waals surface area contributed by atoms with Gasteiger partial charge in [0.2, 0.25) is 5.91 Å². The van der Waals surface area contributed by atoms with Crippen molar-refractivity contribution in [3.63, 3.8) is 0 Å². The van der Waals surface area contributed by atoms with E-state index in [0.717, 1.165) is 32.4 Å². The Morgan fingerprint density at radius 3 is 2.77 bits per heavy atom.